The highest BCUT2D eigenvalue weighted by atomic mass is 32.1. The molecule has 1 aromatic carbocycles. The Labute approximate surface area is 191 Å². The van der Waals surface area contributed by atoms with Gasteiger partial charge in [0.15, 0.2) is 5.96 Å². The quantitative estimate of drug-likeness (QED) is 0.318. The van der Waals surface area contributed by atoms with Crippen molar-refractivity contribution >= 4 is 17.3 Å². The third kappa shape index (κ3) is 8.97. The molecule has 7 heteroatoms. The van der Waals surface area contributed by atoms with E-state index in [-0.39, 0.29) is 0 Å². The van der Waals surface area contributed by atoms with Gasteiger partial charge in [-0.1, -0.05) is 30.3 Å². The molecule has 31 heavy (non-hydrogen) atoms. The Kier molecular flexibility index (Phi) is 10.3. The molecule has 0 unspecified atom stereocenters. The summed E-state index contributed by atoms with van der Waals surface area (Å²) in [6.07, 6.45) is 5.23. The summed E-state index contributed by atoms with van der Waals surface area (Å²) in [6, 6.07) is 10.8. The lowest BCUT2D eigenvalue weighted by molar-refractivity contribution is 0.126. The van der Waals surface area contributed by atoms with E-state index < -0.39 is 0 Å². The third-order valence-electron chi connectivity index (χ3n) is 5.51. The number of hydrogen-bond acceptors (Lipinski definition) is 5. The zero-order valence-electron chi connectivity index (χ0n) is 19.1. The van der Waals surface area contributed by atoms with Crippen LogP contribution in [0.1, 0.15) is 35.2 Å². The van der Waals surface area contributed by atoms with E-state index in [1.165, 1.54) is 54.6 Å². The first kappa shape index (κ1) is 23.7. The first-order valence-electron chi connectivity index (χ1n) is 11.6. The SMILES string of the molecule is CCNC(=NCCCCN1CCN(Cc2ccccc2)CC1)NCCc1ncc(C)s1. The van der Waals surface area contributed by atoms with E-state index in [1.807, 2.05) is 6.20 Å². The number of unbranched alkanes of at least 4 members (excludes halogenated alkanes) is 1. The predicted octanol–water partition coefficient (Wildman–Crippen LogP) is 3.15. The molecule has 170 valence electrons. The van der Waals surface area contributed by atoms with Gasteiger partial charge < -0.3 is 15.5 Å². The lowest BCUT2D eigenvalue weighted by Gasteiger charge is -2.34. The monoisotopic (exact) mass is 442 g/mol. The standard InChI is InChI=1S/C24H38N6S/c1-3-25-24(27-13-11-23-28-19-21(2)31-23)26-12-7-8-14-29-15-17-30(18-16-29)20-22-9-5-4-6-10-22/h4-6,9-10,19H,3,7-8,11-18,20H2,1-2H3,(H2,25,26,27). The van der Waals surface area contributed by atoms with Gasteiger partial charge in [0.05, 0.1) is 5.01 Å². The Hall–Kier alpha value is -1.96. The fraction of sp³-hybridized carbons (Fsp3) is 0.583. The molecule has 1 saturated heterocycles. The number of guanidine groups is 1. The zero-order valence-corrected chi connectivity index (χ0v) is 20.0. The van der Waals surface area contributed by atoms with Crippen LogP contribution in [0.25, 0.3) is 0 Å². The van der Waals surface area contributed by atoms with Gasteiger partial charge in [-0.05, 0) is 38.8 Å². The van der Waals surface area contributed by atoms with Crippen LogP contribution in [0.2, 0.25) is 0 Å². The van der Waals surface area contributed by atoms with Crippen molar-refractivity contribution in [1.29, 1.82) is 0 Å². The number of aromatic nitrogens is 1. The van der Waals surface area contributed by atoms with Gasteiger partial charge >= 0.3 is 0 Å². The van der Waals surface area contributed by atoms with Gasteiger partial charge in [0.1, 0.15) is 0 Å². The highest BCUT2D eigenvalue weighted by Gasteiger charge is 2.16. The largest absolute Gasteiger partial charge is 0.357 e. The molecule has 0 radical (unpaired) electrons. The van der Waals surface area contributed by atoms with E-state index in [4.69, 9.17) is 4.99 Å². The Morgan fingerprint density at radius 1 is 1.06 bits per heavy atom. The summed E-state index contributed by atoms with van der Waals surface area (Å²) in [5.74, 6) is 0.922. The minimum absolute atomic E-state index is 0.867. The van der Waals surface area contributed by atoms with Crippen LogP contribution in [0, 0.1) is 6.92 Å². The fourth-order valence-electron chi connectivity index (χ4n) is 3.80. The number of nitrogens with zero attached hydrogens (tertiary/aromatic N) is 4. The molecule has 1 aliphatic heterocycles. The molecule has 3 rings (SSSR count). The minimum Gasteiger partial charge on any atom is -0.357 e. The highest BCUT2D eigenvalue weighted by molar-refractivity contribution is 7.11. The molecule has 1 aliphatic rings. The average Bonchev–Trinajstić information content (AvgIpc) is 3.20. The molecule has 0 aliphatic carbocycles. The maximum absolute atomic E-state index is 4.74. The van der Waals surface area contributed by atoms with E-state index in [9.17, 15) is 0 Å². The molecule has 2 N–H and O–H groups in total. The van der Waals surface area contributed by atoms with E-state index in [2.05, 4.69) is 69.6 Å². The van der Waals surface area contributed by atoms with Crippen LogP contribution in [-0.2, 0) is 13.0 Å². The van der Waals surface area contributed by atoms with Crippen LogP contribution < -0.4 is 10.6 Å². The van der Waals surface area contributed by atoms with Gasteiger partial charge in [-0.2, -0.15) is 0 Å². The van der Waals surface area contributed by atoms with Crippen LogP contribution in [-0.4, -0.2) is 73.1 Å². The van der Waals surface area contributed by atoms with Crippen molar-refractivity contribution in [2.45, 2.75) is 39.7 Å². The maximum atomic E-state index is 4.74. The summed E-state index contributed by atoms with van der Waals surface area (Å²) < 4.78 is 0. The Bertz CT molecular complexity index is 767. The van der Waals surface area contributed by atoms with Crippen LogP contribution in [0.3, 0.4) is 0 Å². The number of benzene rings is 1. The molecule has 2 heterocycles. The Morgan fingerprint density at radius 3 is 2.55 bits per heavy atom. The Morgan fingerprint density at radius 2 is 1.84 bits per heavy atom. The lowest BCUT2D eigenvalue weighted by Crippen LogP contribution is -2.46. The molecule has 0 saturated carbocycles. The Balaban J connectivity index is 1.27. The summed E-state index contributed by atoms with van der Waals surface area (Å²) in [7, 11) is 0. The molecule has 1 aromatic heterocycles. The molecule has 0 atom stereocenters. The van der Waals surface area contributed by atoms with Crippen molar-refractivity contribution in [1.82, 2.24) is 25.4 Å². The van der Waals surface area contributed by atoms with Gasteiger partial charge in [0.2, 0.25) is 0 Å². The normalized spacial score (nSPS) is 15.9. The highest BCUT2D eigenvalue weighted by Crippen LogP contribution is 2.11. The van der Waals surface area contributed by atoms with Crippen molar-refractivity contribution < 1.29 is 0 Å². The fourth-order valence-corrected chi connectivity index (χ4v) is 4.58. The summed E-state index contributed by atoms with van der Waals surface area (Å²) in [5.41, 5.74) is 1.42. The van der Waals surface area contributed by atoms with Crippen LogP contribution >= 0.6 is 11.3 Å². The molecule has 0 amide bonds. The summed E-state index contributed by atoms with van der Waals surface area (Å²) >= 11 is 1.77. The summed E-state index contributed by atoms with van der Waals surface area (Å²) in [6.45, 7) is 13.8. The second-order valence-electron chi connectivity index (χ2n) is 8.11. The van der Waals surface area contributed by atoms with E-state index in [1.54, 1.807) is 11.3 Å². The molecular weight excluding hydrogens is 404 g/mol. The molecular formula is C24H38N6S. The van der Waals surface area contributed by atoms with Gasteiger partial charge in [-0.15, -0.1) is 11.3 Å². The van der Waals surface area contributed by atoms with Crippen LogP contribution in [0.15, 0.2) is 41.5 Å². The van der Waals surface area contributed by atoms with Gasteiger partial charge in [-0.3, -0.25) is 9.89 Å². The number of piperazine rings is 1. The molecule has 2 aromatic rings. The minimum atomic E-state index is 0.867. The first-order chi connectivity index (χ1) is 15.2. The predicted molar refractivity (Wildman–Crippen MR) is 132 cm³/mol. The molecule has 0 bridgehead atoms. The number of rotatable bonds is 11. The number of thiazole rings is 1. The number of aryl methyl sites for hydroxylation is 1. The van der Waals surface area contributed by atoms with Crippen molar-refractivity contribution in [3.05, 3.63) is 52.0 Å². The zero-order chi connectivity index (χ0) is 21.7. The van der Waals surface area contributed by atoms with E-state index in [0.29, 0.717) is 0 Å². The topological polar surface area (TPSA) is 55.8 Å². The number of hydrogen-bond donors (Lipinski definition) is 2. The van der Waals surface area contributed by atoms with E-state index in [0.717, 1.165) is 45.0 Å². The molecule has 0 spiro atoms. The smallest absolute Gasteiger partial charge is 0.191 e. The van der Waals surface area contributed by atoms with E-state index >= 15 is 0 Å². The lowest BCUT2D eigenvalue weighted by atomic mass is 10.2. The molecule has 1 fully saturated rings. The van der Waals surface area contributed by atoms with Crippen molar-refractivity contribution in [2.75, 3.05) is 52.4 Å². The number of aliphatic imine (C=N–C) groups is 1. The molecule has 6 nitrogen and oxygen atoms in total. The van der Waals surface area contributed by atoms with Crippen LogP contribution in [0.4, 0.5) is 0 Å². The van der Waals surface area contributed by atoms with Crippen molar-refractivity contribution in [3.8, 4) is 0 Å². The van der Waals surface area contributed by atoms with Gasteiger partial charge in [-0.25, -0.2) is 4.98 Å². The van der Waals surface area contributed by atoms with Gasteiger partial charge in [0, 0.05) is 69.9 Å². The van der Waals surface area contributed by atoms with Crippen molar-refractivity contribution in [3.63, 3.8) is 0 Å². The number of nitrogens with one attached hydrogen (secondary N) is 2. The average molecular weight is 443 g/mol. The van der Waals surface area contributed by atoms with Crippen LogP contribution in [0.5, 0.6) is 0 Å². The maximum Gasteiger partial charge on any atom is 0.191 e. The van der Waals surface area contributed by atoms with Gasteiger partial charge in [0.25, 0.3) is 0 Å². The summed E-state index contributed by atoms with van der Waals surface area (Å²) in [5, 5.41) is 7.96. The second kappa shape index (κ2) is 13.5. The summed E-state index contributed by atoms with van der Waals surface area (Å²) in [4.78, 5) is 15.6. The first-order valence-corrected chi connectivity index (χ1v) is 12.5. The third-order valence-corrected chi connectivity index (χ3v) is 6.48. The van der Waals surface area contributed by atoms with Crippen molar-refractivity contribution in [2.24, 2.45) is 4.99 Å². The second-order valence-corrected chi connectivity index (χ2v) is 9.43.